The Morgan fingerprint density at radius 1 is 0.471 bits per heavy atom. The predicted molar refractivity (Wildman–Crippen MR) is 42.6 cm³/mol. The fourth-order valence-corrected chi connectivity index (χ4v) is 1.05. The molecule has 0 aromatic carbocycles. The SMILES string of the molecule is FC(F)(F)C(F)(F)C(F)(F)C(F)(F)C(F)(Br)Br. The molecule has 0 aromatic heterocycles. The van der Waals surface area contributed by atoms with Gasteiger partial charge in [-0.05, 0) is 31.9 Å². The molecule has 0 aliphatic rings. The van der Waals surface area contributed by atoms with Gasteiger partial charge in [-0.25, -0.2) is 4.39 Å². The number of rotatable bonds is 3. The molecule has 0 fully saturated rings. The minimum atomic E-state index is -7.11. The summed E-state index contributed by atoms with van der Waals surface area (Å²) in [5.74, 6) is -20.5. The molecule has 0 nitrogen and oxygen atoms in total. The molecule has 0 radical (unpaired) electrons. The molecule has 0 rings (SSSR count). The van der Waals surface area contributed by atoms with Crippen LogP contribution in [-0.2, 0) is 0 Å². The molecule has 0 N–H and O–H groups in total. The molecule has 17 heavy (non-hydrogen) atoms. The molecule has 12 heteroatoms. The van der Waals surface area contributed by atoms with Crippen LogP contribution in [-0.4, -0.2) is 27.4 Å². The lowest BCUT2D eigenvalue weighted by molar-refractivity contribution is -0.400. The minimum Gasteiger partial charge on any atom is -0.211 e. The zero-order valence-corrected chi connectivity index (χ0v) is 10.2. The van der Waals surface area contributed by atoms with Crippen molar-refractivity contribution in [2.75, 3.05) is 0 Å². The van der Waals surface area contributed by atoms with Crippen LogP contribution < -0.4 is 0 Å². The number of hydrogen-bond acceptors (Lipinski definition) is 0. The van der Waals surface area contributed by atoms with Crippen LogP contribution in [0.2, 0.25) is 0 Å². The van der Waals surface area contributed by atoms with E-state index in [0.29, 0.717) is 0 Å². The van der Waals surface area contributed by atoms with E-state index in [1.54, 1.807) is 0 Å². The molecule has 0 aliphatic heterocycles. The lowest BCUT2D eigenvalue weighted by Gasteiger charge is -2.36. The van der Waals surface area contributed by atoms with E-state index in [-0.39, 0.29) is 0 Å². The summed E-state index contributed by atoms with van der Waals surface area (Å²) in [6.45, 7) is 0. The van der Waals surface area contributed by atoms with Crippen LogP contribution in [0.3, 0.4) is 0 Å². The molecule has 0 heterocycles. The van der Waals surface area contributed by atoms with Crippen molar-refractivity contribution in [3.63, 3.8) is 0 Å². The first kappa shape index (κ1) is 17.3. The molecule has 0 bridgehead atoms. The van der Waals surface area contributed by atoms with E-state index >= 15 is 0 Å². The van der Waals surface area contributed by atoms with Gasteiger partial charge >= 0.3 is 23.9 Å². The first-order valence-electron chi connectivity index (χ1n) is 3.27. The maximum absolute atomic E-state index is 12.5. The third-order valence-corrected chi connectivity index (χ3v) is 2.50. The largest absolute Gasteiger partial charge is 0.460 e. The highest BCUT2D eigenvalue weighted by Gasteiger charge is 2.85. The van der Waals surface area contributed by atoms with Gasteiger partial charge < -0.3 is 0 Å². The van der Waals surface area contributed by atoms with Crippen molar-refractivity contribution in [1.29, 1.82) is 0 Å². The highest BCUT2D eigenvalue weighted by molar-refractivity contribution is 9.25. The lowest BCUT2D eigenvalue weighted by Crippen LogP contribution is -2.64. The fraction of sp³-hybridized carbons (Fsp3) is 1.00. The van der Waals surface area contributed by atoms with Gasteiger partial charge in [-0.1, -0.05) is 0 Å². The van der Waals surface area contributed by atoms with Crippen molar-refractivity contribution in [3.05, 3.63) is 0 Å². The first-order chi connectivity index (χ1) is 7.00. The predicted octanol–water partition coefficient (Wildman–Crippen LogP) is 4.87. The summed E-state index contributed by atoms with van der Waals surface area (Å²) in [5.41, 5.74) is 0. The molecule has 0 aliphatic carbocycles. The first-order valence-corrected chi connectivity index (χ1v) is 4.85. The van der Waals surface area contributed by atoms with Crippen molar-refractivity contribution >= 4 is 31.9 Å². The van der Waals surface area contributed by atoms with Gasteiger partial charge in [-0.2, -0.15) is 39.5 Å². The molecule has 0 unspecified atom stereocenters. The average Bonchev–Trinajstić information content (AvgIpc) is 1.98. The third-order valence-electron chi connectivity index (χ3n) is 1.50. The van der Waals surface area contributed by atoms with E-state index < -0.39 is 27.4 Å². The van der Waals surface area contributed by atoms with E-state index in [9.17, 15) is 43.9 Å². The standard InChI is InChI=1S/C5Br2F10/c6-4(7,14)2(10,11)1(8,9)3(12,13)5(15,16)17. The lowest BCUT2D eigenvalue weighted by atomic mass is 10.1. The average molecular weight is 410 g/mol. The van der Waals surface area contributed by atoms with Crippen LogP contribution >= 0.6 is 31.9 Å². The summed E-state index contributed by atoms with van der Waals surface area (Å²) in [6, 6.07) is 0. The normalized spacial score (nSPS) is 16.2. The van der Waals surface area contributed by atoms with E-state index in [1.807, 2.05) is 0 Å². The zero-order valence-electron chi connectivity index (χ0n) is 7.04. The van der Waals surface area contributed by atoms with Crippen molar-refractivity contribution in [2.45, 2.75) is 27.4 Å². The van der Waals surface area contributed by atoms with E-state index in [4.69, 9.17) is 0 Å². The van der Waals surface area contributed by atoms with Gasteiger partial charge in [0, 0.05) is 0 Å². The summed E-state index contributed by atoms with van der Waals surface area (Å²) in [4.78, 5) is 0. The Kier molecular flexibility index (Phi) is 4.20. The molecule has 0 amide bonds. The highest BCUT2D eigenvalue weighted by atomic mass is 79.9. The molecule has 0 saturated heterocycles. The van der Waals surface area contributed by atoms with Gasteiger partial charge in [0.25, 0.3) is 3.49 Å². The number of alkyl halides is 12. The van der Waals surface area contributed by atoms with Gasteiger partial charge in [0.1, 0.15) is 0 Å². The van der Waals surface area contributed by atoms with Gasteiger partial charge in [0.05, 0.1) is 0 Å². The Morgan fingerprint density at radius 3 is 0.941 bits per heavy atom. The Hall–Kier alpha value is 0.260. The Bertz CT molecular complexity index is 258. The van der Waals surface area contributed by atoms with Crippen LogP contribution in [0.1, 0.15) is 0 Å². The molecular formula is C5Br2F10. The summed E-state index contributed by atoms with van der Waals surface area (Å²) in [7, 11) is 0. The topological polar surface area (TPSA) is 0 Å². The Morgan fingerprint density at radius 2 is 0.765 bits per heavy atom. The minimum absolute atomic E-state index is 1.21. The molecule has 0 aromatic rings. The Labute approximate surface area is 104 Å². The van der Waals surface area contributed by atoms with Gasteiger partial charge in [0.15, 0.2) is 0 Å². The van der Waals surface area contributed by atoms with E-state index in [2.05, 4.69) is 0 Å². The second kappa shape index (κ2) is 4.14. The summed E-state index contributed by atoms with van der Waals surface area (Å²) < 4.78 is 117. The van der Waals surface area contributed by atoms with Gasteiger partial charge in [0.2, 0.25) is 0 Å². The monoisotopic (exact) mass is 408 g/mol. The van der Waals surface area contributed by atoms with Crippen LogP contribution in [0.25, 0.3) is 0 Å². The second-order valence-corrected chi connectivity index (χ2v) is 5.97. The van der Waals surface area contributed by atoms with Crippen LogP contribution in [0.4, 0.5) is 43.9 Å². The van der Waals surface area contributed by atoms with Crippen molar-refractivity contribution in [2.24, 2.45) is 0 Å². The Balaban J connectivity index is 5.73. The van der Waals surface area contributed by atoms with Crippen LogP contribution in [0.5, 0.6) is 0 Å². The second-order valence-electron chi connectivity index (χ2n) is 2.72. The van der Waals surface area contributed by atoms with E-state index in [1.165, 1.54) is 31.9 Å². The molecule has 0 saturated carbocycles. The van der Waals surface area contributed by atoms with Gasteiger partial charge in [-0.15, -0.1) is 0 Å². The van der Waals surface area contributed by atoms with Crippen LogP contribution in [0.15, 0.2) is 0 Å². The molecule has 104 valence electrons. The smallest absolute Gasteiger partial charge is 0.211 e. The van der Waals surface area contributed by atoms with Crippen molar-refractivity contribution in [1.82, 2.24) is 0 Å². The quantitative estimate of drug-likeness (QED) is 0.461. The number of halogens is 12. The molecule has 0 spiro atoms. The fourth-order valence-electron chi connectivity index (χ4n) is 0.553. The van der Waals surface area contributed by atoms with Crippen molar-refractivity contribution in [3.8, 4) is 0 Å². The number of hydrogen-bond donors (Lipinski definition) is 0. The van der Waals surface area contributed by atoms with Gasteiger partial charge in [-0.3, -0.25) is 0 Å². The maximum atomic E-state index is 12.5. The van der Waals surface area contributed by atoms with Crippen LogP contribution in [0, 0.1) is 0 Å². The molecule has 0 atom stereocenters. The highest BCUT2D eigenvalue weighted by Crippen LogP contribution is 2.59. The zero-order chi connectivity index (χ0) is 14.5. The van der Waals surface area contributed by atoms with Crippen molar-refractivity contribution < 1.29 is 43.9 Å². The maximum Gasteiger partial charge on any atom is 0.460 e. The summed E-state index contributed by atoms with van der Waals surface area (Å²) in [6.07, 6.45) is -6.97. The third kappa shape index (κ3) is 2.51. The van der Waals surface area contributed by atoms with E-state index in [0.717, 1.165) is 0 Å². The molecular weight excluding hydrogens is 410 g/mol. The summed E-state index contributed by atoms with van der Waals surface area (Å²) >= 11 is 2.43. The summed E-state index contributed by atoms with van der Waals surface area (Å²) in [5, 5.41) is 0.